The number of rotatable bonds is 3. The van der Waals surface area contributed by atoms with E-state index in [9.17, 15) is 14.3 Å². The summed E-state index contributed by atoms with van der Waals surface area (Å²) in [6.07, 6.45) is 1.89. The summed E-state index contributed by atoms with van der Waals surface area (Å²) >= 11 is 0. The van der Waals surface area contributed by atoms with Gasteiger partial charge in [-0.1, -0.05) is 12.1 Å². The maximum atomic E-state index is 13.0. The summed E-state index contributed by atoms with van der Waals surface area (Å²) in [6.45, 7) is 4.05. The molecule has 0 amide bonds. The first-order valence-electron chi connectivity index (χ1n) is 7.87. The molecule has 5 heteroatoms. The van der Waals surface area contributed by atoms with E-state index in [0.29, 0.717) is 13.1 Å². The van der Waals surface area contributed by atoms with Crippen molar-refractivity contribution in [3.8, 4) is 0 Å². The topological polar surface area (TPSA) is 43.8 Å². The lowest BCUT2D eigenvalue weighted by molar-refractivity contribution is -0.145. The van der Waals surface area contributed by atoms with Gasteiger partial charge in [-0.15, -0.1) is 0 Å². The lowest BCUT2D eigenvalue weighted by Crippen LogP contribution is -2.44. The Bertz CT molecular complexity index is 538. The molecule has 1 N–H and O–H groups in total. The first-order chi connectivity index (χ1) is 10.5. The SMILES string of the molecule is CN1CCC2(CC1)CN(Cc1ccc(F)cc1)C[C@H]2C(=O)O. The highest BCUT2D eigenvalue weighted by molar-refractivity contribution is 5.72. The van der Waals surface area contributed by atoms with Gasteiger partial charge in [0.25, 0.3) is 0 Å². The van der Waals surface area contributed by atoms with Crippen molar-refractivity contribution >= 4 is 5.97 Å². The Morgan fingerprint density at radius 3 is 2.55 bits per heavy atom. The molecule has 1 aromatic rings. The Hall–Kier alpha value is -1.46. The normalized spacial score (nSPS) is 25.6. The van der Waals surface area contributed by atoms with Crippen LogP contribution in [0.5, 0.6) is 0 Å². The van der Waals surface area contributed by atoms with E-state index in [-0.39, 0.29) is 17.2 Å². The van der Waals surface area contributed by atoms with Crippen LogP contribution in [0.1, 0.15) is 18.4 Å². The summed E-state index contributed by atoms with van der Waals surface area (Å²) in [5.74, 6) is -1.20. The second-order valence-corrected chi connectivity index (χ2v) is 6.85. The van der Waals surface area contributed by atoms with Crippen LogP contribution in [0.25, 0.3) is 0 Å². The molecule has 0 aliphatic carbocycles. The van der Waals surface area contributed by atoms with E-state index in [2.05, 4.69) is 16.8 Å². The number of carbonyl (C=O) groups is 1. The lowest BCUT2D eigenvalue weighted by Gasteiger charge is -2.40. The maximum absolute atomic E-state index is 13.0. The van der Waals surface area contributed by atoms with Crippen molar-refractivity contribution in [3.63, 3.8) is 0 Å². The van der Waals surface area contributed by atoms with Gasteiger partial charge in [-0.2, -0.15) is 0 Å². The van der Waals surface area contributed by atoms with Crippen LogP contribution in [-0.2, 0) is 11.3 Å². The minimum atomic E-state index is -0.675. The zero-order valence-corrected chi connectivity index (χ0v) is 13.0. The van der Waals surface area contributed by atoms with Crippen molar-refractivity contribution in [1.82, 2.24) is 9.80 Å². The lowest BCUT2D eigenvalue weighted by atomic mass is 9.71. The molecule has 0 aromatic heterocycles. The van der Waals surface area contributed by atoms with Gasteiger partial charge in [0.05, 0.1) is 5.92 Å². The molecule has 4 nitrogen and oxygen atoms in total. The largest absolute Gasteiger partial charge is 0.481 e. The van der Waals surface area contributed by atoms with Crippen molar-refractivity contribution in [2.24, 2.45) is 11.3 Å². The van der Waals surface area contributed by atoms with Crippen molar-refractivity contribution in [2.45, 2.75) is 19.4 Å². The van der Waals surface area contributed by atoms with Gasteiger partial charge in [0.2, 0.25) is 0 Å². The third-order valence-electron chi connectivity index (χ3n) is 5.32. The van der Waals surface area contributed by atoms with E-state index < -0.39 is 5.97 Å². The van der Waals surface area contributed by atoms with Gasteiger partial charge in [0.1, 0.15) is 5.82 Å². The van der Waals surface area contributed by atoms with Gasteiger partial charge in [0.15, 0.2) is 0 Å². The fraction of sp³-hybridized carbons (Fsp3) is 0.588. The predicted molar refractivity (Wildman–Crippen MR) is 82.0 cm³/mol. The number of nitrogens with zero attached hydrogens (tertiary/aromatic N) is 2. The number of hydrogen-bond donors (Lipinski definition) is 1. The molecule has 2 fully saturated rings. The van der Waals surface area contributed by atoms with E-state index in [4.69, 9.17) is 0 Å². The van der Waals surface area contributed by atoms with Crippen LogP contribution >= 0.6 is 0 Å². The molecule has 2 heterocycles. The molecule has 2 saturated heterocycles. The van der Waals surface area contributed by atoms with Crippen LogP contribution < -0.4 is 0 Å². The van der Waals surface area contributed by atoms with Crippen LogP contribution in [-0.4, -0.2) is 54.1 Å². The molecule has 1 atom stereocenters. The molecule has 2 aliphatic heterocycles. The summed E-state index contributed by atoms with van der Waals surface area (Å²) in [7, 11) is 2.09. The number of carboxylic acid groups (broad SMARTS) is 1. The van der Waals surface area contributed by atoms with Gasteiger partial charge in [0, 0.05) is 25.0 Å². The summed E-state index contributed by atoms with van der Waals surface area (Å²) in [5, 5.41) is 9.63. The zero-order chi connectivity index (χ0) is 15.7. The number of hydrogen-bond acceptors (Lipinski definition) is 3. The van der Waals surface area contributed by atoms with Crippen LogP contribution in [0.15, 0.2) is 24.3 Å². The second kappa shape index (κ2) is 5.97. The number of halogens is 1. The summed E-state index contributed by atoms with van der Waals surface area (Å²) in [5.41, 5.74) is 0.939. The average Bonchev–Trinajstić information content (AvgIpc) is 2.83. The first kappa shape index (κ1) is 15.4. The van der Waals surface area contributed by atoms with Crippen LogP contribution in [0.2, 0.25) is 0 Å². The molecular formula is C17H23FN2O2. The summed E-state index contributed by atoms with van der Waals surface area (Å²) in [4.78, 5) is 16.2. The van der Waals surface area contributed by atoms with E-state index in [0.717, 1.165) is 38.0 Å². The highest BCUT2D eigenvalue weighted by atomic mass is 19.1. The average molecular weight is 306 g/mol. The molecule has 0 radical (unpaired) electrons. The molecule has 0 saturated carbocycles. The predicted octanol–water partition coefficient (Wildman–Crippen LogP) is 2.05. The zero-order valence-electron chi connectivity index (χ0n) is 13.0. The van der Waals surface area contributed by atoms with Crippen molar-refractivity contribution in [3.05, 3.63) is 35.6 Å². The molecule has 0 unspecified atom stereocenters. The van der Waals surface area contributed by atoms with Gasteiger partial charge in [-0.3, -0.25) is 9.69 Å². The second-order valence-electron chi connectivity index (χ2n) is 6.85. The minimum Gasteiger partial charge on any atom is -0.481 e. The van der Waals surface area contributed by atoms with Crippen molar-refractivity contribution in [2.75, 3.05) is 33.2 Å². The van der Waals surface area contributed by atoms with Gasteiger partial charge in [-0.25, -0.2) is 4.39 Å². The molecule has 120 valence electrons. The van der Waals surface area contributed by atoms with E-state index in [1.54, 1.807) is 12.1 Å². The summed E-state index contributed by atoms with van der Waals surface area (Å²) in [6, 6.07) is 6.49. The van der Waals surface area contributed by atoms with Gasteiger partial charge in [-0.05, 0) is 50.7 Å². The number of carboxylic acids is 1. The number of benzene rings is 1. The maximum Gasteiger partial charge on any atom is 0.308 e. The Morgan fingerprint density at radius 2 is 1.95 bits per heavy atom. The molecule has 1 aromatic carbocycles. The van der Waals surface area contributed by atoms with Crippen LogP contribution in [0.3, 0.4) is 0 Å². The Kier molecular flexibility index (Phi) is 4.19. The van der Waals surface area contributed by atoms with E-state index in [1.807, 2.05) is 0 Å². The Morgan fingerprint density at radius 1 is 1.32 bits per heavy atom. The van der Waals surface area contributed by atoms with Gasteiger partial charge < -0.3 is 10.0 Å². The summed E-state index contributed by atoms with van der Waals surface area (Å²) < 4.78 is 13.0. The standard InChI is InChI=1S/C17H23FN2O2/c1-19-8-6-17(7-9-19)12-20(11-15(17)16(21)22)10-13-2-4-14(18)5-3-13/h2-5,15H,6-12H2,1H3,(H,21,22)/t15-/m0/s1. The Labute approximate surface area is 130 Å². The quantitative estimate of drug-likeness (QED) is 0.928. The van der Waals surface area contributed by atoms with Gasteiger partial charge >= 0.3 is 5.97 Å². The molecule has 0 bridgehead atoms. The van der Waals surface area contributed by atoms with Crippen molar-refractivity contribution < 1.29 is 14.3 Å². The highest BCUT2D eigenvalue weighted by Crippen LogP contribution is 2.45. The minimum absolute atomic E-state index is 0.0988. The number of piperidine rings is 1. The molecular weight excluding hydrogens is 283 g/mol. The fourth-order valence-corrected chi connectivity index (χ4v) is 3.95. The van der Waals surface area contributed by atoms with Crippen LogP contribution in [0, 0.1) is 17.2 Å². The first-order valence-corrected chi connectivity index (χ1v) is 7.87. The molecule has 2 aliphatic rings. The smallest absolute Gasteiger partial charge is 0.308 e. The highest BCUT2D eigenvalue weighted by Gasteiger charge is 2.50. The monoisotopic (exact) mass is 306 g/mol. The fourth-order valence-electron chi connectivity index (χ4n) is 3.95. The third kappa shape index (κ3) is 3.01. The van der Waals surface area contributed by atoms with E-state index >= 15 is 0 Å². The Balaban J connectivity index is 1.73. The van der Waals surface area contributed by atoms with E-state index in [1.165, 1.54) is 12.1 Å². The molecule has 3 rings (SSSR count). The molecule has 22 heavy (non-hydrogen) atoms. The third-order valence-corrected chi connectivity index (χ3v) is 5.32. The van der Waals surface area contributed by atoms with Crippen molar-refractivity contribution in [1.29, 1.82) is 0 Å². The molecule has 1 spiro atoms. The van der Waals surface area contributed by atoms with Crippen LogP contribution in [0.4, 0.5) is 4.39 Å². The number of likely N-dealkylation sites (tertiary alicyclic amines) is 2. The number of aliphatic carboxylic acids is 1.